The van der Waals surface area contributed by atoms with Crippen molar-refractivity contribution in [1.29, 1.82) is 0 Å². The molecule has 0 amide bonds. The first-order chi connectivity index (χ1) is 15.2. The topological polar surface area (TPSA) is 88.8 Å². The van der Waals surface area contributed by atoms with Crippen LogP contribution in [-0.4, -0.2) is 27.9 Å². The molecule has 32 heavy (non-hydrogen) atoms. The van der Waals surface area contributed by atoms with Gasteiger partial charge in [-0.15, -0.1) is 0 Å². The number of esters is 1. The minimum atomic E-state index is -1.45. The molecule has 3 aromatic rings. The van der Waals surface area contributed by atoms with E-state index in [4.69, 9.17) is 27.9 Å². The van der Waals surface area contributed by atoms with Gasteiger partial charge in [-0.05, 0) is 42.7 Å². The van der Waals surface area contributed by atoms with E-state index >= 15 is 0 Å². The molecule has 8 heteroatoms. The Labute approximate surface area is 195 Å². The van der Waals surface area contributed by atoms with Crippen molar-refractivity contribution in [2.24, 2.45) is 0 Å². The zero-order valence-corrected chi connectivity index (χ0v) is 19.1. The number of pyridine rings is 1. The lowest BCUT2D eigenvalue weighted by atomic mass is 9.99. The number of aromatic nitrogens is 1. The van der Waals surface area contributed by atoms with Gasteiger partial charge in [-0.2, -0.15) is 0 Å². The highest BCUT2D eigenvalue weighted by molar-refractivity contribution is 6.34. The van der Waals surface area contributed by atoms with Gasteiger partial charge in [0.2, 0.25) is 0 Å². The molecule has 0 aliphatic heterocycles. The molecule has 2 atom stereocenters. The van der Waals surface area contributed by atoms with Crippen LogP contribution >= 0.6 is 23.2 Å². The molecule has 0 aliphatic carbocycles. The first kappa shape index (κ1) is 24.0. The maximum atomic E-state index is 12.8. The van der Waals surface area contributed by atoms with Crippen LogP contribution in [-0.2, 0) is 17.7 Å². The lowest BCUT2D eigenvalue weighted by molar-refractivity contribution is 0.0118. The number of benzene rings is 2. The third-order valence-electron chi connectivity index (χ3n) is 5.20. The second-order valence-corrected chi connectivity index (χ2v) is 8.24. The minimum absolute atomic E-state index is 0.0786. The van der Waals surface area contributed by atoms with E-state index in [9.17, 15) is 19.8 Å². The summed E-state index contributed by atoms with van der Waals surface area (Å²) >= 11 is 12.4. The Kier molecular flexibility index (Phi) is 7.74. The third kappa shape index (κ3) is 5.22. The van der Waals surface area contributed by atoms with Gasteiger partial charge < -0.3 is 19.5 Å². The van der Waals surface area contributed by atoms with E-state index < -0.39 is 23.7 Å². The number of ether oxygens (including phenoxy) is 1. The van der Waals surface area contributed by atoms with E-state index in [0.29, 0.717) is 17.5 Å². The van der Waals surface area contributed by atoms with Crippen LogP contribution in [0, 0.1) is 6.92 Å². The number of aliphatic hydroxyl groups excluding tert-OH is 2. The molecule has 0 saturated heterocycles. The smallest absolute Gasteiger partial charge is 0.337 e. The average Bonchev–Trinajstić information content (AvgIpc) is 2.79. The quantitative estimate of drug-likeness (QED) is 0.498. The summed E-state index contributed by atoms with van der Waals surface area (Å²) in [5, 5.41) is 21.7. The zero-order chi connectivity index (χ0) is 23.4. The Morgan fingerprint density at radius 1 is 1.03 bits per heavy atom. The molecule has 1 heterocycles. The van der Waals surface area contributed by atoms with Crippen molar-refractivity contribution in [2.45, 2.75) is 32.1 Å². The zero-order valence-electron chi connectivity index (χ0n) is 17.6. The second kappa shape index (κ2) is 10.3. The van der Waals surface area contributed by atoms with Crippen LogP contribution in [0.15, 0.2) is 59.4 Å². The van der Waals surface area contributed by atoms with Crippen molar-refractivity contribution >= 4 is 29.2 Å². The highest BCUT2D eigenvalue weighted by Crippen LogP contribution is 2.33. The molecular formula is C24H23Cl2NO5. The Balaban J connectivity index is 1.92. The summed E-state index contributed by atoms with van der Waals surface area (Å²) in [5.41, 5.74) is 2.25. The molecule has 0 aliphatic rings. The molecule has 0 bridgehead atoms. The molecule has 3 rings (SSSR count). The van der Waals surface area contributed by atoms with E-state index in [0.717, 1.165) is 11.1 Å². The van der Waals surface area contributed by atoms with Crippen molar-refractivity contribution in [3.8, 4) is 0 Å². The van der Waals surface area contributed by atoms with Gasteiger partial charge >= 0.3 is 5.97 Å². The lowest BCUT2D eigenvalue weighted by Gasteiger charge is -2.24. The number of hydrogen-bond donors (Lipinski definition) is 2. The number of carbonyl (C=O) groups is 1. The molecule has 2 N–H and O–H groups in total. The molecule has 2 unspecified atom stereocenters. The fourth-order valence-electron chi connectivity index (χ4n) is 3.49. The monoisotopic (exact) mass is 475 g/mol. The Hall–Kier alpha value is -2.64. The van der Waals surface area contributed by atoms with Crippen molar-refractivity contribution in [2.75, 3.05) is 7.11 Å². The summed E-state index contributed by atoms with van der Waals surface area (Å²) in [6.45, 7) is 2.03. The number of hydrogen-bond acceptors (Lipinski definition) is 5. The van der Waals surface area contributed by atoms with Gasteiger partial charge in [-0.25, -0.2) is 4.79 Å². The number of aryl methyl sites for hydroxylation is 2. The van der Waals surface area contributed by atoms with Gasteiger partial charge in [-0.1, -0.05) is 65.2 Å². The summed E-state index contributed by atoms with van der Waals surface area (Å²) in [6, 6.07) is 15.1. The van der Waals surface area contributed by atoms with Gasteiger partial charge in [0, 0.05) is 6.54 Å². The number of carbonyl (C=O) groups excluding carboxylic acids is 1. The van der Waals surface area contributed by atoms with Crippen LogP contribution in [0.2, 0.25) is 10.0 Å². The van der Waals surface area contributed by atoms with Crippen molar-refractivity contribution < 1.29 is 19.7 Å². The van der Waals surface area contributed by atoms with Crippen molar-refractivity contribution in [1.82, 2.24) is 4.57 Å². The van der Waals surface area contributed by atoms with E-state index in [1.165, 1.54) is 17.7 Å². The van der Waals surface area contributed by atoms with Gasteiger partial charge in [0.1, 0.15) is 17.2 Å². The molecule has 0 radical (unpaired) electrons. The van der Waals surface area contributed by atoms with Crippen LogP contribution < -0.4 is 5.56 Å². The summed E-state index contributed by atoms with van der Waals surface area (Å²) in [4.78, 5) is 24.4. The van der Waals surface area contributed by atoms with Crippen LogP contribution in [0.25, 0.3) is 0 Å². The van der Waals surface area contributed by atoms with Crippen molar-refractivity contribution in [3.05, 3.63) is 103 Å². The SMILES string of the molecule is COC(=O)c1ccc(CCn2c(C(O)C(O)c3cccc(C)c3)c(Cl)cc(Cl)c2=O)cc1. The van der Waals surface area contributed by atoms with E-state index in [-0.39, 0.29) is 22.3 Å². The largest absolute Gasteiger partial charge is 0.465 e. The highest BCUT2D eigenvalue weighted by atomic mass is 35.5. The predicted octanol–water partition coefficient (Wildman–Crippen LogP) is 4.26. The Morgan fingerprint density at radius 2 is 1.72 bits per heavy atom. The number of aliphatic hydroxyl groups is 2. The predicted molar refractivity (Wildman–Crippen MR) is 123 cm³/mol. The Morgan fingerprint density at radius 3 is 2.34 bits per heavy atom. The molecule has 168 valence electrons. The second-order valence-electron chi connectivity index (χ2n) is 7.42. The number of halogens is 2. The molecule has 1 aromatic heterocycles. The fourth-order valence-corrected chi connectivity index (χ4v) is 4.08. The van der Waals surface area contributed by atoms with Crippen molar-refractivity contribution in [3.63, 3.8) is 0 Å². The van der Waals surface area contributed by atoms with Crippen LogP contribution in [0.5, 0.6) is 0 Å². The lowest BCUT2D eigenvalue weighted by Crippen LogP contribution is -2.28. The van der Waals surface area contributed by atoms with Gasteiger partial charge in [-0.3, -0.25) is 4.79 Å². The molecule has 0 fully saturated rings. The normalized spacial score (nSPS) is 12.9. The maximum absolute atomic E-state index is 12.8. The minimum Gasteiger partial charge on any atom is -0.465 e. The first-order valence-corrected chi connectivity index (χ1v) is 10.7. The molecule has 6 nitrogen and oxygen atoms in total. The van der Waals surface area contributed by atoms with E-state index in [1.54, 1.807) is 42.5 Å². The standard InChI is InChI=1S/C24H23Cl2NO5/c1-14-4-3-5-17(12-14)21(28)22(29)20-18(25)13-19(26)23(30)27(20)11-10-15-6-8-16(9-7-15)24(31)32-2/h3-9,12-13,21-22,28-29H,10-11H2,1-2H3. The van der Waals surface area contributed by atoms with Crippen LogP contribution in [0.4, 0.5) is 0 Å². The van der Waals surface area contributed by atoms with E-state index in [2.05, 4.69) is 0 Å². The summed E-state index contributed by atoms with van der Waals surface area (Å²) in [5.74, 6) is -0.440. The van der Waals surface area contributed by atoms with E-state index in [1.807, 2.05) is 13.0 Å². The van der Waals surface area contributed by atoms with Gasteiger partial charge in [0.05, 0.1) is 23.4 Å². The highest BCUT2D eigenvalue weighted by Gasteiger charge is 2.27. The maximum Gasteiger partial charge on any atom is 0.337 e. The van der Waals surface area contributed by atoms with Gasteiger partial charge in [0.15, 0.2) is 0 Å². The fraction of sp³-hybridized carbons (Fsp3) is 0.250. The molecule has 0 spiro atoms. The molecular weight excluding hydrogens is 453 g/mol. The molecule has 0 saturated carbocycles. The van der Waals surface area contributed by atoms with Gasteiger partial charge in [0.25, 0.3) is 5.56 Å². The Bertz CT molecular complexity index is 1170. The summed E-state index contributed by atoms with van der Waals surface area (Å²) < 4.78 is 5.97. The summed E-state index contributed by atoms with van der Waals surface area (Å²) in [7, 11) is 1.31. The first-order valence-electron chi connectivity index (χ1n) is 9.91. The average molecular weight is 476 g/mol. The number of methoxy groups -OCH3 is 1. The van der Waals surface area contributed by atoms with Crippen LogP contribution in [0.1, 0.15) is 45.0 Å². The van der Waals surface area contributed by atoms with Crippen LogP contribution in [0.3, 0.4) is 0 Å². The third-order valence-corrected chi connectivity index (χ3v) is 5.77. The number of nitrogens with zero attached hydrogens (tertiary/aromatic N) is 1. The molecule has 2 aromatic carbocycles. The summed E-state index contributed by atoms with van der Waals surface area (Å²) in [6.07, 6.45) is -2.34. The number of rotatable bonds is 7.